The fourth-order valence-electron chi connectivity index (χ4n) is 2.31. The van der Waals surface area contributed by atoms with Gasteiger partial charge in [0.2, 0.25) is 5.88 Å². The number of anilines is 1. The average molecular weight is 404 g/mol. The lowest BCUT2D eigenvalue weighted by atomic mass is 10.2. The predicted octanol–water partition coefficient (Wildman–Crippen LogP) is 4.44. The second kappa shape index (κ2) is 8.94. The minimum Gasteiger partial charge on any atom is -0.475 e. The number of ether oxygens (including phenoxy) is 2. The van der Waals surface area contributed by atoms with Crippen LogP contribution in [0.15, 0.2) is 42.6 Å². The van der Waals surface area contributed by atoms with Crippen LogP contribution in [0, 0.1) is 6.92 Å². The van der Waals surface area contributed by atoms with Gasteiger partial charge in [-0.25, -0.2) is 9.97 Å². The van der Waals surface area contributed by atoms with Crippen LogP contribution in [0.5, 0.6) is 5.88 Å². The molecule has 3 rings (SSSR count). The zero-order chi connectivity index (χ0) is 19.2. The number of halogens is 1. The Labute approximate surface area is 166 Å². The summed E-state index contributed by atoms with van der Waals surface area (Å²) in [5.41, 5.74) is 2.13. The quantitative estimate of drug-likeness (QED) is 0.590. The molecule has 8 heteroatoms. The molecule has 27 heavy (non-hydrogen) atoms. The molecule has 3 aromatic rings. The van der Waals surface area contributed by atoms with E-state index in [1.807, 2.05) is 25.1 Å². The molecule has 0 unspecified atom stereocenters. The number of nitrogens with one attached hydrogen (secondary N) is 1. The van der Waals surface area contributed by atoms with Gasteiger partial charge in [-0.1, -0.05) is 23.7 Å². The van der Waals surface area contributed by atoms with E-state index in [0.717, 1.165) is 10.6 Å². The van der Waals surface area contributed by atoms with Crippen LogP contribution in [0.25, 0.3) is 10.6 Å². The van der Waals surface area contributed by atoms with E-state index >= 15 is 0 Å². The van der Waals surface area contributed by atoms with E-state index in [1.165, 1.54) is 11.3 Å². The van der Waals surface area contributed by atoms with Crippen molar-refractivity contribution < 1.29 is 14.3 Å². The van der Waals surface area contributed by atoms with Crippen molar-refractivity contribution in [3.63, 3.8) is 0 Å². The molecule has 2 aromatic heterocycles. The predicted molar refractivity (Wildman–Crippen MR) is 107 cm³/mol. The van der Waals surface area contributed by atoms with Crippen LogP contribution in [0.2, 0.25) is 5.02 Å². The number of thiazole rings is 1. The smallest absolute Gasteiger partial charge is 0.267 e. The summed E-state index contributed by atoms with van der Waals surface area (Å²) >= 11 is 7.36. The van der Waals surface area contributed by atoms with Crippen LogP contribution in [-0.2, 0) is 4.74 Å². The third-order valence-corrected chi connectivity index (χ3v) is 5.05. The highest BCUT2D eigenvalue weighted by Gasteiger charge is 2.17. The molecular weight excluding hydrogens is 386 g/mol. The van der Waals surface area contributed by atoms with Gasteiger partial charge in [-0.15, -0.1) is 11.3 Å². The largest absolute Gasteiger partial charge is 0.475 e. The Hall–Kier alpha value is -2.48. The fourth-order valence-corrected chi connectivity index (χ4v) is 3.46. The number of amides is 1. The van der Waals surface area contributed by atoms with Gasteiger partial charge in [0.25, 0.3) is 5.91 Å². The van der Waals surface area contributed by atoms with Crippen LogP contribution in [0.4, 0.5) is 5.69 Å². The molecule has 2 heterocycles. The molecule has 140 valence electrons. The molecule has 0 aliphatic rings. The number of carbonyl (C=O) groups is 1. The molecular formula is C19H18ClN3O3S. The Bertz CT molecular complexity index is 928. The molecule has 0 bridgehead atoms. The van der Waals surface area contributed by atoms with Gasteiger partial charge in [0.1, 0.15) is 16.5 Å². The number of hydrogen-bond donors (Lipinski definition) is 1. The maximum absolute atomic E-state index is 12.6. The first kappa shape index (κ1) is 19.3. The number of pyridine rings is 1. The van der Waals surface area contributed by atoms with E-state index in [9.17, 15) is 4.79 Å². The van der Waals surface area contributed by atoms with Crippen molar-refractivity contribution in [1.29, 1.82) is 0 Å². The lowest BCUT2D eigenvalue weighted by Crippen LogP contribution is -2.12. The van der Waals surface area contributed by atoms with Crippen molar-refractivity contribution >= 4 is 34.5 Å². The van der Waals surface area contributed by atoms with Crippen molar-refractivity contribution in [2.24, 2.45) is 0 Å². The fraction of sp³-hybridized carbons (Fsp3) is 0.211. The molecule has 0 fully saturated rings. The Morgan fingerprint density at radius 2 is 2.11 bits per heavy atom. The van der Waals surface area contributed by atoms with Gasteiger partial charge in [0.05, 0.1) is 24.2 Å². The normalized spacial score (nSPS) is 10.6. The average Bonchev–Trinajstić information content (AvgIpc) is 3.05. The number of aromatic nitrogens is 2. The van der Waals surface area contributed by atoms with Gasteiger partial charge in [0.15, 0.2) is 0 Å². The summed E-state index contributed by atoms with van der Waals surface area (Å²) in [4.78, 5) is 21.8. The van der Waals surface area contributed by atoms with Gasteiger partial charge >= 0.3 is 0 Å². The maximum Gasteiger partial charge on any atom is 0.267 e. The van der Waals surface area contributed by atoms with Gasteiger partial charge < -0.3 is 14.8 Å². The summed E-state index contributed by atoms with van der Waals surface area (Å²) in [6.45, 7) is 2.71. The molecule has 1 N–H and O–H groups in total. The minimum absolute atomic E-state index is 0.229. The van der Waals surface area contributed by atoms with E-state index in [2.05, 4.69) is 15.3 Å². The van der Waals surface area contributed by atoms with Crippen molar-refractivity contribution in [2.75, 3.05) is 25.6 Å². The number of hydrogen-bond acceptors (Lipinski definition) is 6. The molecule has 0 saturated heterocycles. The van der Waals surface area contributed by atoms with E-state index in [4.69, 9.17) is 21.1 Å². The lowest BCUT2D eigenvalue weighted by molar-refractivity contribution is 0.102. The van der Waals surface area contributed by atoms with Gasteiger partial charge in [-0.2, -0.15) is 0 Å². The third kappa shape index (κ3) is 5.03. The Kier molecular flexibility index (Phi) is 6.39. The molecule has 0 spiro atoms. The molecule has 1 amide bonds. The van der Waals surface area contributed by atoms with Crippen LogP contribution in [0.1, 0.15) is 15.4 Å². The second-order valence-electron chi connectivity index (χ2n) is 5.62. The standard InChI is InChI=1S/C19H18ClN3O3S/c1-12-17(27-19(22-12)13-4-3-5-14(20)10-13)18(24)23-15-6-7-16(21-11-15)26-9-8-25-2/h3-7,10-11H,8-9H2,1-2H3,(H,23,24). The molecule has 0 aliphatic heterocycles. The summed E-state index contributed by atoms with van der Waals surface area (Å²) in [5, 5.41) is 4.21. The molecule has 0 aliphatic carbocycles. The summed E-state index contributed by atoms with van der Waals surface area (Å²) in [6, 6.07) is 10.8. The highest BCUT2D eigenvalue weighted by Crippen LogP contribution is 2.30. The maximum atomic E-state index is 12.6. The van der Waals surface area contributed by atoms with E-state index in [1.54, 1.807) is 31.5 Å². The summed E-state index contributed by atoms with van der Waals surface area (Å²) in [7, 11) is 1.61. The van der Waals surface area contributed by atoms with Crippen LogP contribution in [-0.4, -0.2) is 36.2 Å². The van der Waals surface area contributed by atoms with E-state index < -0.39 is 0 Å². The molecule has 0 atom stereocenters. The van der Waals surface area contributed by atoms with Crippen molar-refractivity contribution in [3.8, 4) is 16.5 Å². The lowest BCUT2D eigenvalue weighted by Gasteiger charge is -2.06. The summed E-state index contributed by atoms with van der Waals surface area (Å²) < 4.78 is 10.3. The number of methoxy groups -OCH3 is 1. The monoisotopic (exact) mass is 403 g/mol. The molecule has 0 radical (unpaired) electrons. The Morgan fingerprint density at radius 3 is 2.81 bits per heavy atom. The Morgan fingerprint density at radius 1 is 1.26 bits per heavy atom. The first-order valence-corrected chi connectivity index (χ1v) is 9.39. The second-order valence-corrected chi connectivity index (χ2v) is 7.06. The van der Waals surface area contributed by atoms with Crippen LogP contribution < -0.4 is 10.1 Å². The zero-order valence-corrected chi connectivity index (χ0v) is 16.4. The topological polar surface area (TPSA) is 73.3 Å². The molecule has 0 saturated carbocycles. The highest BCUT2D eigenvalue weighted by atomic mass is 35.5. The first-order chi connectivity index (χ1) is 13.1. The summed E-state index contributed by atoms with van der Waals surface area (Å²) in [6.07, 6.45) is 1.55. The van der Waals surface area contributed by atoms with E-state index in [0.29, 0.717) is 40.4 Å². The van der Waals surface area contributed by atoms with E-state index in [-0.39, 0.29) is 5.91 Å². The van der Waals surface area contributed by atoms with Crippen LogP contribution in [0.3, 0.4) is 0 Å². The number of rotatable bonds is 7. The molecule has 1 aromatic carbocycles. The number of benzene rings is 1. The Balaban J connectivity index is 1.69. The number of carbonyl (C=O) groups excluding carboxylic acids is 1. The van der Waals surface area contributed by atoms with Gasteiger partial charge in [-0.05, 0) is 25.1 Å². The van der Waals surface area contributed by atoms with Gasteiger partial charge in [-0.3, -0.25) is 4.79 Å². The van der Waals surface area contributed by atoms with Crippen molar-refractivity contribution in [2.45, 2.75) is 6.92 Å². The zero-order valence-electron chi connectivity index (χ0n) is 14.9. The highest BCUT2D eigenvalue weighted by molar-refractivity contribution is 7.17. The number of aryl methyl sites for hydroxylation is 1. The summed E-state index contributed by atoms with van der Waals surface area (Å²) in [5.74, 6) is 0.246. The number of nitrogens with zero attached hydrogens (tertiary/aromatic N) is 2. The van der Waals surface area contributed by atoms with Crippen molar-refractivity contribution in [3.05, 3.63) is 58.2 Å². The minimum atomic E-state index is -0.229. The van der Waals surface area contributed by atoms with Gasteiger partial charge in [0, 0.05) is 23.8 Å². The first-order valence-electron chi connectivity index (χ1n) is 8.19. The van der Waals surface area contributed by atoms with Crippen molar-refractivity contribution in [1.82, 2.24) is 9.97 Å². The molecule has 6 nitrogen and oxygen atoms in total. The third-order valence-electron chi connectivity index (χ3n) is 3.61. The van der Waals surface area contributed by atoms with Crippen LogP contribution >= 0.6 is 22.9 Å². The SMILES string of the molecule is COCCOc1ccc(NC(=O)c2sc(-c3cccc(Cl)c3)nc2C)cn1.